The highest BCUT2D eigenvalue weighted by Crippen LogP contribution is 2.32. The summed E-state index contributed by atoms with van der Waals surface area (Å²) in [6, 6.07) is 16.5. The summed E-state index contributed by atoms with van der Waals surface area (Å²) >= 11 is 3.47. The van der Waals surface area contributed by atoms with Crippen LogP contribution in [0.3, 0.4) is 0 Å². The highest BCUT2D eigenvalue weighted by atomic mass is 79.9. The third-order valence-corrected chi connectivity index (χ3v) is 5.59. The molecule has 0 aliphatic carbocycles. The Bertz CT molecular complexity index is 1040. The fourth-order valence-corrected chi connectivity index (χ4v) is 3.91. The Morgan fingerprint density at radius 3 is 2.87 bits per heavy atom. The maximum Gasteiger partial charge on any atom is 0.239 e. The van der Waals surface area contributed by atoms with Crippen LogP contribution in [0, 0.1) is 5.92 Å². The zero-order chi connectivity index (χ0) is 20.9. The first-order chi connectivity index (χ1) is 14.6. The van der Waals surface area contributed by atoms with Gasteiger partial charge in [-0.3, -0.25) is 14.3 Å². The Hall–Kier alpha value is -3.13. The minimum Gasteiger partial charge on any atom is -0.492 e. The number of benzene rings is 2. The van der Waals surface area contributed by atoms with Crippen LogP contribution in [-0.4, -0.2) is 34.7 Å². The molecule has 8 heteroatoms. The Labute approximate surface area is 182 Å². The molecule has 4 rings (SSSR count). The molecular weight excluding hydrogens is 448 g/mol. The van der Waals surface area contributed by atoms with Crippen LogP contribution in [0.25, 0.3) is 0 Å². The molecule has 2 heterocycles. The number of halogens is 1. The fourth-order valence-electron chi connectivity index (χ4n) is 3.42. The summed E-state index contributed by atoms with van der Waals surface area (Å²) in [7, 11) is 0. The van der Waals surface area contributed by atoms with E-state index in [0.29, 0.717) is 37.6 Å². The van der Waals surface area contributed by atoms with Crippen molar-refractivity contribution < 1.29 is 14.3 Å². The van der Waals surface area contributed by atoms with E-state index in [4.69, 9.17) is 4.74 Å². The number of carbonyl (C=O) groups excluding carboxylic acids is 2. The molecule has 0 saturated carbocycles. The number of anilines is 2. The Kier molecular flexibility index (Phi) is 6.13. The van der Waals surface area contributed by atoms with E-state index in [2.05, 4.69) is 26.3 Å². The third kappa shape index (κ3) is 4.54. The molecule has 7 nitrogen and oxygen atoms in total. The maximum absolute atomic E-state index is 12.8. The molecule has 0 spiro atoms. The Morgan fingerprint density at radius 1 is 1.20 bits per heavy atom. The summed E-state index contributed by atoms with van der Waals surface area (Å²) in [4.78, 5) is 27.2. The predicted octanol–water partition coefficient (Wildman–Crippen LogP) is 3.72. The number of ether oxygens (including phenoxy) is 1. The van der Waals surface area contributed by atoms with Gasteiger partial charge in [0.2, 0.25) is 11.8 Å². The number of para-hydroxylation sites is 1. The van der Waals surface area contributed by atoms with E-state index in [1.54, 1.807) is 27.9 Å². The number of aromatic nitrogens is 2. The van der Waals surface area contributed by atoms with Gasteiger partial charge in [-0.1, -0.05) is 18.2 Å². The molecule has 1 aliphatic rings. The van der Waals surface area contributed by atoms with Crippen molar-refractivity contribution in [1.82, 2.24) is 9.78 Å². The van der Waals surface area contributed by atoms with Gasteiger partial charge in [-0.05, 0) is 52.7 Å². The lowest BCUT2D eigenvalue weighted by Gasteiger charge is -2.18. The maximum atomic E-state index is 12.8. The number of nitrogens with zero attached hydrogens (tertiary/aromatic N) is 3. The van der Waals surface area contributed by atoms with Crippen LogP contribution < -0.4 is 15.0 Å². The number of carbonyl (C=O) groups is 2. The SMILES string of the molecule is O=C(Nc1cccc(OCCn2cccn2)c1)C1CCN(c2ccccc2Br)C1=O. The summed E-state index contributed by atoms with van der Waals surface area (Å²) in [5.41, 5.74) is 1.38. The molecule has 1 N–H and O–H groups in total. The van der Waals surface area contributed by atoms with Crippen LogP contribution in [0.5, 0.6) is 5.75 Å². The number of rotatable bonds is 7. The second-order valence-electron chi connectivity index (χ2n) is 6.92. The number of hydrogen-bond donors (Lipinski definition) is 1. The first kappa shape index (κ1) is 20.2. The molecule has 0 radical (unpaired) electrons. The molecule has 1 saturated heterocycles. The molecule has 1 fully saturated rings. The average molecular weight is 469 g/mol. The lowest BCUT2D eigenvalue weighted by atomic mass is 10.1. The van der Waals surface area contributed by atoms with Gasteiger partial charge < -0.3 is 15.0 Å². The van der Waals surface area contributed by atoms with Crippen LogP contribution >= 0.6 is 15.9 Å². The summed E-state index contributed by atoms with van der Waals surface area (Å²) in [5.74, 6) is -0.552. The quantitative estimate of drug-likeness (QED) is 0.536. The van der Waals surface area contributed by atoms with E-state index in [1.807, 2.05) is 48.7 Å². The van der Waals surface area contributed by atoms with Crippen molar-refractivity contribution in [1.29, 1.82) is 0 Å². The summed E-state index contributed by atoms with van der Waals surface area (Å²) in [6.45, 7) is 1.60. The smallest absolute Gasteiger partial charge is 0.239 e. The van der Waals surface area contributed by atoms with Crippen LogP contribution in [0.1, 0.15) is 6.42 Å². The number of amides is 2. The second-order valence-corrected chi connectivity index (χ2v) is 7.77. The normalized spacial score (nSPS) is 16.0. The van der Waals surface area contributed by atoms with Gasteiger partial charge in [0.1, 0.15) is 18.3 Å². The van der Waals surface area contributed by atoms with Gasteiger partial charge in [-0.15, -0.1) is 0 Å². The van der Waals surface area contributed by atoms with Gasteiger partial charge in [0, 0.05) is 35.2 Å². The Balaban J connectivity index is 1.36. The first-order valence-corrected chi connectivity index (χ1v) is 10.5. The van der Waals surface area contributed by atoms with Gasteiger partial charge >= 0.3 is 0 Å². The number of hydrogen-bond acceptors (Lipinski definition) is 4. The molecule has 1 unspecified atom stereocenters. The second kappa shape index (κ2) is 9.13. The van der Waals surface area contributed by atoms with Crippen molar-refractivity contribution in [3.05, 3.63) is 71.5 Å². The van der Waals surface area contributed by atoms with Gasteiger partial charge in [-0.2, -0.15) is 5.10 Å². The van der Waals surface area contributed by atoms with Crippen molar-refractivity contribution in [2.45, 2.75) is 13.0 Å². The molecule has 0 bridgehead atoms. The minimum absolute atomic E-state index is 0.189. The lowest BCUT2D eigenvalue weighted by molar-refractivity contribution is -0.129. The van der Waals surface area contributed by atoms with E-state index in [9.17, 15) is 9.59 Å². The monoisotopic (exact) mass is 468 g/mol. The minimum atomic E-state index is -0.707. The van der Waals surface area contributed by atoms with Crippen molar-refractivity contribution in [3.8, 4) is 5.75 Å². The Morgan fingerprint density at radius 2 is 2.07 bits per heavy atom. The molecular formula is C22H21BrN4O3. The lowest BCUT2D eigenvalue weighted by Crippen LogP contribution is -2.33. The molecule has 1 atom stereocenters. The largest absolute Gasteiger partial charge is 0.492 e. The molecule has 3 aromatic rings. The van der Waals surface area contributed by atoms with E-state index >= 15 is 0 Å². The van der Waals surface area contributed by atoms with E-state index in [1.165, 1.54) is 0 Å². The first-order valence-electron chi connectivity index (χ1n) is 9.69. The molecule has 30 heavy (non-hydrogen) atoms. The van der Waals surface area contributed by atoms with E-state index < -0.39 is 5.92 Å². The van der Waals surface area contributed by atoms with Crippen LogP contribution in [0.4, 0.5) is 11.4 Å². The fraction of sp³-hybridized carbons (Fsp3) is 0.227. The average Bonchev–Trinajstić information content (AvgIpc) is 3.39. The summed E-state index contributed by atoms with van der Waals surface area (Å²) < 4.78 is 8.36. The summed E-state index contributed by atoms with van der Waals surface area (Å²) in [6.07, 6.45) is 4.07. The van der Waals surface area contributed by atoms with E-state index in [0.717, 1.165) is 10.2 Å². The topological polar surface area (TPSA) is 76.5 Å². The molecule has 1 aliphatic heterocycles. The summed E-state index contributed by atoms with van der Waals surface area (Å²) in [5, 5.41) is 6.98. The van der Waals surface area contributed by atoms with Gasteiger partial charge in [0.05, 0.1) is 12.2 Å². The zero-order valence-electron chi connectivity index (χ0n) is 16.2. The van der Waals surface area contributed by atoms with E-state index in [-0.39, 0.29) is 11.8 Å². The van der Waals surface area contributed by atoms with Crippen LogP contribution in [0.15, 0.2) is 71.5 Å². The highest BCUT2D eigenvalue weighted by molar-refractivity contribution is 9.10. The van der Waals surface area contributed by atoms with Crippen LogP contribution in [-0.2, 0) is 16.1 Å². The number of nitrogens with one attached hydrogen (secondary N) is 1. The third-order valence-electron chi connectivity index (χ3n) is 4.92. The van der Waals surface area contributed by atoms with Crippen LogP contribution in [0.2, 0.25) is 0 Å². The highest BCUT2D eigenvalue weighted by Gasteiger charge is 2.38. The van der Waals surface area contributed by atoms with Crippen molar-refractivity contribution in [2.24, 2.45) is 5.92 Å². The van der Waals surface area contributed by atoms with Gasteiger partial charge in [-0.25, -0.2) is 0 Å². The van der Waals surface area contributed by atoms with Crippen molar-refractivity contribution in [3.63, 3.8) is 0 Å². The van der Waals surface area contributed by atoms with Crippen molar-refractivity contribution in [2.75, 3.05) is 23.4 Å². The van der Waals surface area contributed by atoms with Crippen molar-refractivity contribution >= 4 is 39.1 Å². The molecule has 2 aromatic carbocycles. The standard InChI is InChI=1S/C22H21BrN4O3/c23-19-7-1-2-8-20(19)27-12-9-18(22(27)29)21(28)25-16-5-3-6-17(15-16)30-14-13-26-11-4-10-24-26/h1-8,10-11,15,18H,9,12-14H2,(H,25,28). The molecule has 2 amide bonds. The molecule has 1 aromatic heterocycles. The van der Waals surface area contributed by atoms with Gasteiger partial charge in [0.15, 0.2) is 0 Å². The molecule has 154 valence electrons. The predicted molar refractivity (Wildman–Crippen MR) is 117 cm³/mol. The van der Waals surface area contributed by atoms with Gasteiger partial charge in [0.25, 0.3) is 0 Å². The zero-order valence-corrected chi connectivity index (χ0v) is 17.8.